The summed E-state index contributed by atoms with van der Waals surface area (Å²) >= 11 is 0.978. The zero-order valence-electron chi connectivity index (χ0n) is 16.7. The topological polar surface area (TPSA) is 98.5 Å². The van der Waals surface area contributed by atoms with E-state index in [0.29, 0.717) is 5.56 Å². The molecule has 0 fully saturated rings. The van der Waals surface area contributed by atoms with Crippen LogP contribution in [0.15, 0.2) is 60.7 Å². The van der Waals surface area contributed by atoms with Crippen molar-refractivity contribution in [3.05, 3.63) is 87.8 Å². The Morgan fingerprint density at radius 3 is 2.00 bits per heavy atom. The van der Waals surface area contributed by atoms with Gasteiger partial charge in [0.2, 0.25) is 5.91 Å². The zero-order chi connectivity index (χ0) is 21.7. The quantitative estimate of drug-likeness (QED) is 0.560. The summed E-state index contributed by atoms with van der Waals surface area (Å²) < 4.78 is 4.82. The van der Waals surface area contributed by atoms with Crippen molar-refractivity contribution in [2.75, 3.05) is 12.4 Å². The smallest absolute Gasteiger partial charge is 0.341 e. The summed E-state index contributed by atoms with van der Waals surface area (Å²) in [6, 6.07) is 19.5. The Hall–Kier alpha value is -3.45. The number of nitrogens with one attached hydrogen (secondary N) is 1. The van der Waals surface area contributed by atoms with Gasteiger partial charge in [-0.05, 0) is 23.6 Å². The van der Waals surface area contributed by atoms with Gasteiger partial charge in [-0.1, -0.05) is 60.7 Å². The zero-order valence-corrected chi connectivity index (χ0v) is 17.5. The number of primary amides is 1. The van der Waals surface area contributed by atoms with Gasteiger partial charge in [-0.3, -0.25) is 9.59 Å². The molecule has 0 aliphatic carbocycles. The van der Waals surface area contributed by atoms with E-state index in [2.05, 4.69) is 5.32 Å². The Morgan fingerprint density at radius 1 is 1.00 bits per heavy atom. The van der Waals surface area contributed by atoms with E-state index in [1.807, 2.05) is 60.7 Å². The van der Waals surface area contributed by atoms with Crippen molar-refractivity contribution in [2.24, 2.45) is 5.73 Å². The monoisotopic (exact) mass is 422 g/mol. The van der Waals surface area contributed by atoms with Crippen molar-refractivity contribution in [1.29, 1.82) is 0 Å². The van der Waals surface area contributed by atoms with Crippen molar-refractivity contribution in [1.82, 2.24) is 0 Å². The normalized spacial score (nSPS) is 10.6. The minimum atomic E-state index is -0.658. The van der Waals surface area contributed by atoms with Gasteiger partial charge in [0, 0.05) is 12.3 Å². The molecule has 0 saturated carbocycles. The van der Waals surface area contributed by atoms with E-state index >= 15 is 0 Å². The molecule has 2 amide bonds. The second kappa shape index (κ2) is 9.37. The maximum absolute atomic E-state index is 13.0. The molecule has 7 heteroatoms. The fourth-order valence-electron chi connectivity index (χ4n) is 3.35. The number of rotatable bonds is 7. The largest absolute Gasteiger partial charge is 0.465 e. The van der Waals surface area contributed by atoms with E-state index in [1.165, 1.54) is 7.11 Å². The van der Waals surface area contributed by atoms with Gasteiger partial charge in [0.15, 0.2) is 0 Å². The summed E-state index contributed by atoms with van der Waals surface area (Å²) in [5.41, 5.74) is 7.98. The molecule has 0 saturated heterocycles. The van der Waals surface area contributed by atoms with E-state index in [9.17, 15) is 14.4 Å². The second-order valence-corrected chi connectivity index (χ2v) is 7.76. The van der Waals surface area contributed by atoms with Gasteiger partial charge in [-0.2, -0.15) is 0 Å². The van der Waals surface area contributed by atoms with Gasteiger partial charge in [0.1, 0.15) is 5.00 Å². The van der Waals surface area contributed by atoms with Crippen LogP contribution in [0.4, 0.5) is 5.00 Å². The SMILES string of the molecule is COC(=O)c1c(NC(=O)CC(c2ccccc2)c2ccccc2)sc(C(N)=O)c1C. The predicted octanol–water partition coefficient (Wildman–Crippen LogP) is 4.10. The molecule has 0 aliphatic heterocycles. The third-order valence-electron chi connectivity index (χ3n) is 4.81. The van der Waals surface area contributed by atoms with Gasteiger partial charge < -0.3 is 15.8 Å². The predicted molar refractivity (Wildman–Crippen MR) is 117 cm³/mol. The van der Waals surface area contributed by atoms with Crippen LogP contribution in [0.5, 0.6) is 0 Å². The first-order valence-corrected chi connectivity index (χ1v) is 10.1. The molecular weight excluding hydrogens is 400 g/mol. The van der Waals surface area contributed by atoms with Crippen LogP contribution >= 0.6 is 11.3 Å². The molecule has 3 N–H and O–H groups in total. The van der Waals surface area contributed by atoms with Crippen LogP contribution in [0, 0.1) is 6.92 Å². The first-order valence-electron chi connectivity index (χ1n) is 9.33. The highest BCUT2D eigenvalue weighted by atomic mass is 32.1. The number of carbonyl (C=O) groups is 3. The van der Waals surface area contributed by atoms with Crippen molar-refractivity contribution in [2.45, 2.75) is 19.3 Å². The Balaban J connectivity index is 1.90. The third kappa shape index (κ3) is 4.58. The number of ether oxygens (including phenoxy) is 1. The number of methoxy groups -OCH3 is 1. The number of anilines is 1. The second-order valence-electron chi connectivity index (χ2n) is 6.74. The van der Waals surface area contributed by atoms with Crippen molar-refractivity contribution in [3.63, 3.8) is 0 Å². The molecule has 3 aromatic rings. The van der Waals surface area contributed by atoms with Gasteiger partial charge in [0.05, 0.1) is 17.6 Å². The Kier molecular flexibility index (Phi) is 6.64. The minimum Gasteiger partial charge on any atom is -0.465 e. The highest BCUT2D eigenvalue weighted by molar-refractivity contribution is 7.18. The molecule has 1 heterocycles. The van der Waals surface area contributed by atoms with Crippen molar-refractivity contribution in [3.8, 4) is 0 Å². The molecule has 0 spiro atoms. The average Bonchev–Trinajstić information content (AvgIpc) is 3.08. The maximum Gasteiger partial charge on any atom is 0.341 e. The van der Waals surface area contributed by atoms with E-state index in [4.69, 9.17) is 10.5 Å². The molecule has 30 heavy (non-hydrogen) atoms. The van der Waals surface area contributed by atoms with E-state index in [1.54, 1.807) is 6.92 Å². The van der Waals surface area contributed by atoms with Gasteiger partial charge in [-0.15, -0.1) is 11.3 Å². The molecule has 3 rings (SSSR count). The summed E-state index contributed by atoms with van der Waals surface area (Å²) in [4.78, 5) is 37.1. The van der Waals surface area contributed by atoms with Crippen molar-refractivity contribution >= 4 is 34.1 Å². The fourth-order valence-corrected chi connectivity index (χ4v) is 4.41. The molecule has 154 valence electrons. The molecule has 2 aromatic carbocycles. The Bertz CT molecular complexity index is 1020. The van der Waals surface area contributed by atoms with E-state index < -0.39 is 11.9 Å². The molecule has 0 radical (unpaired) electrons. The lowest BCUT2D eigenvalue weighted by molar-refractivity contribution is -0.116. The van der Waals surface area contributed by atoms with Crippen LogP contribution in [-0.2, 0) is 9.53 Å². The summed E-state index contributed by atoms with van der Waals surface area (Å²) in [5, 5.41) is 3.04. The van der Waals surface area contributed by atoms with Crippen LogP contribution in [-0.4, -0.2) is 24.9 Å². The van der Waals surface area contributed by atoms with Crippen LogP contribution in [0.25, 0.3) is 0 Å². The Morgan fingerprint density at radius 2 is 1.53 bits per heavy atom. The summed E-state index contributed by atoms with van der Waals surface area (Å²) in [5.74, 6) is -1.73. The number of amides is 2. The Labute approximate surface area is 178 Å². The van der Waals surface area contributed by atoms with Gasteiger partial charge >= 0.3 is 5.97 Å². The van der Waals surface area contributed by atoms with Gasteiger partial charge in [-0.25, -0.2) is 4.79 Å². The summed E-state index contributed by atoms with van der Waals surface area (Å²) in [6.07, 6.45) is 0.164. The number of benzene rings is 2. The third-order valence-corrected chi connectivity index (χ3v) is 6.03. The highest BCUT2D eigenvalue weighted by Gasteiger charge is 2.26. The average molecular weight is 423 g/mol. The molecular formula is C23H22N2O4S. The van der Waals surface area contributed by atoms with E-state index in [0.717, 1.165) is 22.5 Å². The maximum atomic E-state index is 13.0. The number of hydrogen-bond donors (Lipinski definition) is 2. The van der Waals surface area contributed by atoms with Crippen LogP contribution in [0.1, 0.15) is 49.1 Å². The molecule has 0 atom stereocenters. The number of carbonyl (C=O) groups excluding carboxylic acids is 3. The number of nitrogens with two attached hydrogens (primary N) is 1. The molecule has 0 unspecified atom stereocenters. The van der Waals surface area contributed by atoms with Crippen molar-refractivity contribution < 1.29 is 19.1 Å². The number of hydrogen-bond acceptors (Lipinski definition) is 5. The van der Waals surface area contributed by atoms with E-state index in [-0.39, 0.29) is 33.7 Å². The summed E-state index contributed by atoms with van der Waals surface area (Å²) in [7, 11) is 1.25. The number of thiophene rings is 1. The van der Waals surface area contributed by atoms with Crippen LogP contribution < -0.4 is 11.1 Å². The lowest BCUT2D eigenvalue weighted by atomic mass is 9.88. The van der Waals surface area contributed by atoms with Crippen LogP contribution in [0.2, 0.25) is 0 Å². The summed E-state index contributed by atoms with van der Waals surface area (Å²) in [6.45, 7) is 1.61. The molecule has 6 nitrogen and oxygen atoms in total. The minimum absolute atomic E-state index is 0.153. The first-order chi connectivity index (χ1) is 14.4. The first kappa shape index (κ1) is 21.3. The van der Waals surface area contributed by atoms with Crippen LogP contribution in [0.3, 0.4) is 0 Å². The fraction of sp³-hybridized carbons (Fsp3) is 0.174. The molecule has 1 aromatic heterocycles. The molecule has 0 aliphatic rings. The van der Waals surface area contributed by atoms with Gasteiger partial charge in [0.25, 0.3) is 5.91 Å². The lowest BCUT2D eigenvalue weighted by Crippen LogP contribution is -2.17. The lowest BCUT2D eigenvalue weighted by Gasteiger charge is -2.18. The standard InChI is InChI=1S/C23H22N2O4S/c1-14-19(23(28)29-2)22(30-20(14)21(24)27)25-18(26)13-17(15-9-5-3-6-10-15)16-11-7-4-8-12-16/h3-12,17H,13H2,1-2H3,(H2,24,27)(H,25,26). The number of esters is 1. The molecule has 0 bridgehead atoms. The highest BCUT2D eigenvalue weighted by Crippen LogP contribution is 2.34.